The number of rotatable bonds is 3. The van der Waals surface area contributed by atoms with E-state index >= 15 is 0 Å². The van der Waals surface area contributed by atoms with E-state index in [1.807, 2.05) is 0 Å². The Morgan fingerprint density at radius 2 is 1.71 bits per heavy atom. The molecule has 6 heteroatoms. The third-order valence-electron chi connectivity index (χ3n) is 2.46. The van der Waals surface area contributed by atoms with E-state index in [0.717, 1.165) is 12.1 Å². The van der Waals surface area contributed by atoms with Gasteiger partial charge in [0.2, 0.25) is 0 Å². The molecule has 0 amide bonds. The van der Waals surface area contributed by atoms with Crippen LogP contribution in [0.25, 0.3) is 0 Å². The maximum Gasteiger partial charge on any atom is 0.416 e. The van der Waals surface area contributed by atoms with Gasteiger partial charge in [-0.2, -0.15) is 13.2 Å². The number of halogens is 4. The molecule has 0 heterocycles. The summed E-state index contributed by atoms with van der Waals surface area (Å²) >= 11 is 0. The van der Waals surface area contributed by atoms with Crippen LogP contribution in [0.1, 0.15) is 30.6 Å². The molecule has 3 N–H and O–H groups in total. The average Bonchev–Trinajstić information content (AvgIpc) is 2.26. The van der Waals surface area contributed by atoms with Crippen molar-refractivity contribution >= 4 is 12.4 Å². The summed E-state index contributed by atoms with van der Waals surface area (Å²) in [7, 11) is 0. The molecular formula is C11H15ClF3NO. The molecule has 2 atom stereocenters. The zero-order valence-corrected chi connectivity index (χ0v) is 10.1. The summed E-state index contributed by atoms with van der Waals surface area (Å²) in [6, 6.07) is 3.94. The molecule has 0 bridgehead atoms. The van der Waals surface area contributed by atoms with Crippen LogP contribution in [0.2, 0.25) is 0 Å². The largest absolute Gasteiger partial charge is 0.416 e. The summed E-state index contributed by atoms with van der Waals surface area (Å²) in [6.07, 6.45) is -4.72. The van der Waals surface area contributed by atoms with Crippen molar-refractivity contribution in [3.63, 3.8) is 0 Å². The van der Waals surface area contributed by atoms with Gasteiger partial charge in [0.05, 0.1) is 11.7 Å². The van der Waals surface area contributed by atoms with Crippen LogP contribution in [0.5, 0.6) is 0 Å². The number of nitrogens with two attached hydrogens (primary N) is 1. The molecule has 1 aromatic rings. The molecule has 0 saturated carbocycles. The average molecular weight is 270 g/mol. The predicted molar refractivity (Wildman–Crippen MR) is 61.9 cm³/mol. The minimum atomic E-state index is -4.35. The molecule has 2 nitrogen and oxygen atoms in total. The van der Waals surface area contributed by atoms with Gasteiger partial charge >= 0.3 is 6.18 Å². The van der Waals surface area contributed by atoms with Gasteiger partial charge in [0.15, 0.2) is 0 Å². The quantitative estimate of drug-likeness (QED) is 0.886. The number of benzene rings is 1. The fraction of sp³-hybridized carbons (Fsp3) is 0.455. The van der Waals surface area contributed by atoms with Gasteiger partial charge in [-0.05, 0) is 24.1 Å². The van der Waals surface area contributed by atoms with E-state index in [9.17, 15) is 18.3 Å². The number of aliphatic hydroxyl groups excluding tert-OH is 1. The van der Waals surface area contributed by atoms with Crippen LogP contribution < -0.4 is 5.73 Å². The molecule has 98 valence electrons. The van der Waals surface area contributed by atoms with E-state index in [-0.39, 0.29) is 12.4 Å². The Labute approximate surface area is 104 Å². The zero-order valence-electron chi connectivity index (χ0n) is 9.24. The van der Waals surface area contributed by atoms with Gasteiger partial charge in [-0.25, -0.2) is 0 Å². The fourth-order valence-corrected chi connectivity index (χ4v) is 1.34. The van der Waals surface area contributed by atoms with Crippen LogP contribution in [-0.4, -0.2) is 11.1 Å². The SMILES string of the molecule is CCC(N)C(O)c1ccc(C(F)(F)F)cc1.Cl. The molecule has 17 heavy (non-hydrogen) atoms. The summed E-state index contributed by atoms with van der Waals surface area (Å²) < 4.78 is 36.8. The summed E-state index contributed by atoms with van der Waals surface area (Å²) in [5.41, 5.74) is 5.28. The van der Waals surface area contributed by atoms with Crippen LogP contribution >= 0.6 is 12.4 Å². The highest BCUT2D eigenvalue weighted by Crippen LogP contribution is 2.30. The van der Waals surface area contributed by atoms with Crippen LogP contribution in [0, 0.1) is 0 Å². The summed E-state index contributed by atoms with van der Waals surface area (Å²) in [4.78, 5) is 0. The van der Waals surface area contributed by atoms with Gasteiger partial charge in [-0.3, -0.25) is 0 Å². The monoisotopic (exact) mass is 269 g/mol. The van der Waals surface area contributed by atoms with Crippen molar-refractivity contribution in [1.82, 2.24) is 0 Å². The fourth-order valence-electron chi connectivity index (χ4n) is 1.34. The highest BCUT2D eigenvalue weighted by molar-refractivity contribution is 5.85. The van der Waals surface area contributed by atoms with E-state index in [0.29, 0.717) is 12.0 Å². The molecule has 2 unspecified atom stereocenters. The lowest BCUT2D eigenvalue weighted by atomic mass is 10.00. The lowest BCUT2D eigenvalue weighted by Crippen LogP contribution is -2.27. The lowest BCUT2D eigenvalue weighted by Gasteiger charge is -2.18. The van der Waals surface area contributed by atoms with Crippen molar-refractivity contribution < 1.29 is 18.3 Å². The molecule has 0 spiro atoms. The summed E-state index contributed by atoms with van der Waals surface area (Å²) in [6.45, 7) is 1.80. The van der Waals surface area contributed by atoms with E-state index in [1.54, 1.807) is 6.92 Å². The first kappa shape index (κ1) is 16.2. The van der Waals surface area contributed by atoms with E-state index in [2.05, 4.69) is 0 Å². The molecule has 1 rings (SSSR count). The van der Waals surface area contributed by atoms with Gasteiger partial charge in [0.25, 0.3) is 0 Å². The minimum absolute atomic E-state index is 0. The first-order valence-corrected chi connectivity index (χ1v) is 4.97. The molecule has 1 aromatic carbocycles. The second kappa shape index (κ2) is 6.23. The molecule has 0 fully saturated rings. The maximum atomic E-state index is 12.3. The maximum absolute atomic E-state index is 12.3. The Bertz CT molecular complexity index is 340. The van der Waals surface area contributed by atoms with Crippen molar-refractivity contribution in [1.29, 1.82) is 0 Å². The first-order chi connectivity index (χ1) is 7.36. The van der Waals surface area contributed by atoms with Crippen molar-refractivity contribution in [2.45, 2.75) is 31.7 Å². The van der Waals surface area contributed by atoms with E-state index in [4.69, 9.17) is 5.73 Å². The van der Waals surface area contributed by atoms with Gasteiger partial charge in [-0.1, -0.05) is 19.1 Å². The van der Waals surface area contributed by atoms with Crippen LogP contribution in [0.3, 0.4) is 0 Å². The molecule has 0 aromatic heterocycles. The molecule has 0 aliphatic rings. The Morgan fingerprint density at radius 3 is 2.06 bits per heavy atom. The standard InChI is InChI=1S/C11H14F3NO.ClH/c1-2-9(15)10(16)7-3-5-8(6-4-7)11(12,13)14;/h3-6,9-10,16H,2,15H2,1H3;1H. The van der Waals surface area contributed by atoms with Crippen LogP contribution in [0.4, 0.5) is 13.2 Å². The third-order valence-corrected chi connectivity index (χ3v) is 2.46. The molecule has 0 saturated heterocycles. The Hall–Kier alpha value is -0.780. The highest BCUT2D eigenvalue weighted by Gasteiger charge is 2.30. The van der Waals surface area contributed by atoms with Crippen LogP contribution in [-0.2, 0) is 6.18 Å². The Kier molecular flexibility index (Phi) is 5.95. The minimum Gasteiger partial charge on any atom is -0.387 e. The molecule has 0 radical (unpaired) electrons. The van der Waals surface area contributed by atoms with Crippen molar-refractivity contribution in [3.05, 3.63) is 35.4 Å². The second-order valence-electron chi connectivity index (χ2n) is 3.64. The van der Waals surface area contributed by atoms with Crippen molar-refractivity contribution in [3.8, 4) is 0 Å². The summed E-state index contributed by atoms with van der Waals surface area (Å²) in [5, 5.41) is 9.68. The number of hydrogen-bond acceptors (Lipinski definition) is 2. The van der Waals surface area contributed by atoms with Crippen molar-refractivity contribution in [2.75, 3.05) is 0 Å². The zero-order chi connectivity index (χ0) is 12.3. The number of hydrogen-bond donors (Lipinski definition) is 2. The van der Waals surface area contributed by atoms with Gasteiger partial charge in [0.1, 0.15) is 0 Å². The lowest BCUT2D eigenvalue weighted by molar-refractivity contribution is -0.137. The topological polar surface area (TPSA) is 46.2 Å². The van der Waals surface area contributed by atoms with E-state index in [1.165, 1.54) is 12.1 Å². The van der Waals surface area contributed by atoms with Crippen molar-refractivity contribution in [2.24, 2.45) is 5.73 Å². The van der Waals surface area contributed by atoms with Gasteiger partial charge < -0.3 is 10.8 Å². The number of aliphatic hydroxyl groups is 1. The second-order valence-corrected chi connectivity index (χ2v) is 3.64. The van der Waals surface area contributed by atoms with Gasteiger partial charge in [0, 0.05) is 6.04 Å². The predicted octanol–water partition coefficient (Wildman–Crippen LogP) is 2.90. The van der Waals surface area contributed by atoms with Gasteiger partial charge in [-0.15, -0.1) is 12.4 Å². The number of alkyl halides is 3. The Morgan fingerprint density at radius 1 is 1.24 bits per heavy atom. The molecule has 0 aliphatic carbocycles. The smallest absolute Gasteiger partial charge is 0.387 e. The molecule has 0 aliphatic heterocycles. The van der Waals surface area contributed by atoms with Crippen LogP contribution in [0.15, 0.2) is 24.3 Å². The normalized spacial score (nSPS) is 14.9. The highest BCUT2D eigenvalue weighted by atomic mass is 35.5. The molecular weight excluding hydrogens is 255 g/mol. The summed E-state index contributed by atoms with van der Waals surface area (Å²) in [5.74, 6) is 0. The first-order valence-electron chi connectivity index (χ1n) is 4.97. The van der Waals surface area contributed by atoms with E-state index < -0.39 is 23.9 Å². The third kappa shape index (κ3) is 4.18. The Balaban J connectivity index is 0.00000256.